The van der Waals surface area contributed by atoms with Gasteiger partial charge in [-0.3, -0.25) is 10.1 Å². The average molecular weight is 249 g/mol. The van der Waals surface area contributed by atoms with Crippen molar-refractivity contribution in [1.29, 1.82) is 0 Å². The van der Waals surface area contributed by atoms with Gasteiger partial charge in [0, 0.05) is 5.38 Å². The summed E-state index contributed by atoms with van der Waals surface area (Å²) in [6.45, 7) is 4.57. The first-order chi connectivity index (χ1) is 6.78. The Morgan fingerprint density at radius 1 is 1.47 bits per heavy atom. The SMILES string of the molecule is Cc1c(S(=O)(=O)C(C)C)csc1[N+](=O)[O-]. The third-order valence-electron chi connectivity index (χ3n) is 2.06. The van der Waals surface area contributed by atoms with E-state index in [1.165, 1.54) is 12.3 Å². The maximum atomic E-state index is 11.8. The molecule has 7 heteroatoms. The number of nitro groups is 1. The first-order valence-electron chi connectivity index (χ1n) is 4.25. The maximum absolute atomic E-state index is 11.8. The normalized spacial score (nSPS) is 12.0. The highest BCUT2D eigenvalue weighted by atomic mass is 32.2. The van der Waals surface area contributed by atoms with Gasteiger partial charge in [0.1, 0.15) is 0 Å². The van der Waals surface area contributed by atoms with Crippen LogP contribution in [0.5, 0.6) is 0 Å². The van der Waals surface area contributed by atoms with E-state index in [0.717, 1.165) is 11.3 Å². The molecule has 1 aromatic rings. The molecule has 0 amide bonds. The van der Waals surface area contributed by atoms with Crippen molar-refractivity contribution >= 4 is 26.2 Å². The van der Waals surface area contributed by atoms with Crippen LogP contribution in [0, 0.1) is 17.0 Å². The number of rotatable bonds is 3. The van der Waals surface area contributed by atoms with Gasteiger partial charge in [-0.1, -0.05) is 11.3 Å². The minimum atomic E-state index is -3.41. The number of nitrogens with zero attached hydrogens (tertiary/aromatic N) is 1. The average Bonchev–Trinajstić information content (AvgIpc) is 2.46. The second-order valence-corrected chi connectivity index (χ2v) is 6.71. The smallest absolute Gasteiger partial charge is 0.258 e. The molecular weight excluding hydrogens is 238 g/mol. The lowest BCUT2D eigenvalue weighted by Gasteiger charge is -2.05. The summed E-state index contributed by atoms with van der Waals surface area (Å²) in [5.41, 5.74) is 0.235. The van der Waals surface area contributed by atoms with Gasteiger partial charge in [-0.2, -0.15) is 0 Å². The molecule has 1 aromatic heterocycles. The molecular formula is C8H11NO4S2. The second kappa shape index (κ2) is 3.90. The van der Waals surface area contributed by atoms with Crippen LogP contribution in [-0.2, 0) is 9.84 Å². The molecule has 5 nitrogen and oxygen atoms in total. The lowest BCUT2D eigenvalue weighted by atomic mass is 10.4. The number of thiophene rings is 1. The first kappa shape index (κ1) is 12.1. The third-order valence-corrected chi connectivity index (χ3v) is 5.52. The van der Waals surface area contributed by atoms with E-state index >= 15 is 0 Å². The summed E-state index contributed by atoms with van der Waals surface area (Å²) in [7, 11) is -3.41. The summed E-state index contributed by atoms with van der Waals surface area (Å²) in [5, 5.41) is 11.2. The van der Waals surface area contributed by atoms with Crippen molar-refractivity contribution in [1.82, 2.24) is 0 Å². The molecule has 0 N–H and O–H groups in total. The largest absolute Gasteiger partial charge is 0.328 e. The Labute approximate surface area is 91.8 Å². The zero-order chi connectivity index (χ0) is 11.8. The first-order valence-corrected chi connectivity index (χ1v) is 6.67. The predicted octanol–water partition coefficient (Wildman–Crippen LogP) is 2.15. The molecule has 0 radical (unpaired) electrons. The Hall–Kier alpha value is -0.950. The van der Waals surface area contributed by atoms with Crippen LogP contribution in [0.1, 0.15) is 19.4 Å². The molecule has 0 aliphatic rings. The zero-order valence-electron chi connectivity index (χ0n) is 8.55. The van der Waals surface area contributed by atoms with Gasteiger partial charge in [0.25, 0.3) is 0 Å². The van der Waals surface area contributed by atoms with Gasteiger partial charge in [-0.25, -0.2) is 8.42 Å². The fourth-order valence-corrected chi connectivity index (χ4v) is 3.65. The van der Waals surface area contributed by atoms with Crippen LogP contribution in [-0.4, -0.2) is 18.6 Å². The van der Waals surface area contributed by atoms with Gasteiger partial charge in [-0.05, 0) is 20.8 Å². The quantitative estimate of drug-likeness (QED) is 0.607. The lowest BCUT2D eigenvalue weighted by Crippen LogP contribution is -2.14. The van der Waals surface area contributed by atoms with Gasteiger partial charge < -0.3 is 0 Å². The Bertz CT molecular complexity index is 487. The van der Waals surface area contributed by atoms with Crippen molar-refractivity contribution in [2.24, 2.45) is 0 Å². The molecule has 0 fully saturated rings. The van der Waals surface area contributed by atoms with Gasteiger partial charge in [-0.15, -0.1) is 0 Å². The Balaban J connectivity index is 3.37. The van der Waals surface area contributed by atoms with Crippen molar-refractivity contribution in [3.8, 4) is 0 Å². The summed E-state index contributed by atoms with van der Waals surface area (Å²) in [5.74, 6) is 0. The van der Waals surface area contributed by atoms with Crippen molar-refractivity contribution in [3.05, 3.63) is 21.1 Å². The van der Waals surface area contributed by atoms with Crippen molar-refractivity contribution < 1.29 is 13.3 Å². The van der Waals surface area contributed by atoms with E-state index in [4.69, 9.17) is 0 Å². The molecule has 0 saturated carbocycles. The van der Waals surface area contributed by atoms with E-state index in [1.54, 1.807) is 13.8 Å². The van der Waals surface area contributed by atoms with E-state index in [9.17, 15) is 18.5 Å². The van der Waals surface area contributed by atoms with E-state index < -0.39 is 20.0 Å². The molecule has 0 aliphatic heterocycles. The number of hydrogen-bond donors (Lipinski definition) is 0. The molecule has 0 unspecified atom stereocenters. The zero-order valence-corrected chi connectivity index (χ0v) is 10.2. The highest BCUT2D eigenvalue weighted by molar-refractivity contribution is 7.92. The fraction of sp³-hybridized carbons (Fsp3) is 0.500. The topological polar surface area (TPSA) is 77.3 Å². The molecule has 0 atom stereocenters. The van der Waals surface area contributed by atoms with Crippen molar-refractivity contribution in [2.75, 3.05) is 0 Å². The highest BCUT2D eigenvalue weighted by Gasteiger charge is 2.28. The molecule has 0 bridgehead atoms. The van der Waals surface area contributed by atoms with E-state index in [1.807, 2.05) is 0 Å². The molecule has 1 rings (SSSR count). The van der Waals surface area contributed by atoms with Crippen molar-refractivity contribution in [3.63, 3.8) is 0 Å². The highest BCUT2D eigenvalue weighted by Crippen LogP contribution is 2.33. The lowest BCUT2D eigenvalue weighted by molar-refractivity contribution is -0.380. The molecule has 84 valence electrons. The summed E-state index contributed by atoms with van der Waals surface area (Å²) < 4.78 is 23.5. The monoisotopic (exact) mass is 249 g/mol. The minimum Gasteiger partial charge on any atom is -0.258 e. The van der Waals surface area contributed by atoms with Crippen molar-refractivity contribution in [2.45, 2.75) is 30.9 Å². The molecule has 1 heterocycles. The van der Waals surface area contributed by atoms with Gasteiger partial charge in [0.05, 0.1) is 20.6 Å². The van der Waals surface area contributed by atoms with Crippen LogP contribution in [0.2, 0.25) is 0 Å². The van der Waals surface area contributed by atoms with Crippen LogP contribution >= 0.6 is 11.3 Å². The third kappa shape index (κ3) is 2.03. The molecule has 0 saturated heterocycles. The number of hydrogen-bond acceptors (Lipinski definition) is 5. The van der Waals surface area contributed by atoms with E-state index in [2.05, 4.69) is 0 Å². The van der Waals surface area contributed by atoms with Gasteiger partial charge in [0.2, 0.25) is 0 Å². The predicted molar refractivity (Wildman–Crippen MR) is 58.0 cm³/mol. The summed E-state index contributed by atoms with van der Waals surface area (Å²) >= 11 is 0.850. The molecule has 0 aliphatic carbocycles. The number of sulfone groups is 1. The van der Waals surface area contributed by atoms with Crippen LogP contribution in [0.4, 0.5) is 5.00 Å². The van der Waals surface area contributed by atoms with Gasteiger partial charge in [0.15, 0.2) is 9.84 Å². The molecule has 0 aromatic carbocycles. The van der Waals surface area contributed by atoms with Crippen LogP contribution in [0.3, 0.4) is 0 Å². The Kier molecular flexibility index (Phi) is 3.15. The second-order valence-electron chi connectivity index (χ2n) is 3.38. The molecule has 15 heavy (non-hydrogen) atoms. The summed E-state index contributed by atoms with van der Waals surface area (Å²) in [4.78, 5) is 10.1. The summed E-state index contributed by atoms with van der Waals surface area (Å²) in [6.07, 6.45) is 0. The summed E-state index contributed by atoms with van der Waals surface area (Å²) in [6, 6.07) is 0. The van der Waals surface area contributed by atoms with Gasteiger partial charge >= 0.3 is 5.00 Å². The standard InChI is InChI=1S/C8H11NO4S2/c1-5(2)15(12,13)7-4-14-8(6(7)3)9(10)11/h4-5H,1-3H3. The fourth-order valence-electron chi connectivity index (χ4n) is 1.11. The maximum Gasteiger partial charge on any atom is 0.328 e. The van der Waals surface area contributed by atoms with Crippen LogP contribution in [0.25, 0.3) is 0 Å². The van der Waals surface area contributed by atoms with E-state index in [-0.39, 0.29) is 15.5 Å². The molecule has 0 spiro atoms. The minimum absolute atomic E-state index is 0.0780. The Morgan fingerprint density at radius 2 is 2.00 bits per heavy atom. The van der Waals surface area contributed by atoms with E-state index in [0.29, 0.717) is 0 Å². The van der Waals surface area contributed by atoms with Crippen LogP contribution in [0.15, 0.2) is 10.3 Å². The Morgan fingerprint density at radius 3 is 2.33 bits per heavy atom. The van der Waals surface area contributed by atoms with Crippen LogP contribution < -0.4 is 0 Å².